The minimum absolute atomic E-state index is 0.502. The maximum Gasteiger partial charge on any atom is 0.123 e. The predicted molar refractivity (Wildman–Crippen MR) is 53.2 cm³/mol. The lowest BCUT2D eigenvalue weighted by molar-refractivity contribution is 0.223. The Kier molecular flexibility index (Phi) is 5.22. The first-order valence-corrected chi connectivity index (χ1v) is 3.66. The van der Waals surface area contributed by atoms with Crippen LogP contribution in [0.15, 0.2) is 28.6 Å². The molecule has 0 spiro atoms. The van der Waals surface area contributed by atoms with Crippen molar-refractivity contribution in [3.05, 3.63) is 23.6 Å². The lowest BCUT2D eigenvalue weighted by Gasteiger charge is -2.01. The van der Waals surface area contributed by atoms with Crippen molar-refractivity contribution in [2.45, 2.75) is 13.8 Å². The number of nitrogens with zero attached hydrogens (tertiary/aromatic N) is 1. The van der Waals surface area contributed by atoms with Crippen LogP contribution in [-0.4, -0.2) is 12.1 Å². The van der Waals surface area contributed by atoms with E-state index >= 15 is 0 Å². The van der Waals surface area contributed by atoms with Crippen LogP contribution in [0, 0.1) is 5.41 Å². The first-order valence-electron chi connectivity index (χ1n) is 3.66. The van der Waals surface area contributed by atoms with E-state index in [4.69, 9.17) is 17.0 Å². The van der Waals surface area contributed by atoms with E-state index in [1.54, 1.807) is 19.9 Å². The molecule has 0 fully saturated rings. The van der Waals surface area contributed by atoms with E-state index in [0.717, 1.165) is 11.9 Å². The topological polar surface area (TPSA) is 97.5 Å². The van der Waals surface area contributed by atoms with Gasteiger partial charge in [0.05, 0.1) is 5.71 Å². The minimum Gasteiger partial charge on any atom is -0.416 e. The van der Waals surface area contributed by atoms with Gasteiger partial charge in [0.15, 0.2) is 0 Å². The van der Waals surface area contributed by atoms with Crippen molar-refractivity contribution in [1.29, 1.82) is 5.41 Å². The molecule has 0 unspecified atom stereocenters. The van der Waals surface area contributed by atoms with Gasteiger partial charge in [-0.25, -0.2) is 4.99 Å². The Hall–Kier alpha value is -1.62. The number of aliphatic imine (C=N–C) groups is 1. The molecule has 5 N–H and O–H groups in total. The van der Waals surface area contributed by atoms with E-state index in [1.165, 1.54) is 6.20 Å². The molecule has 0 aromatic carbocycles. The van der Waals surface area contributed by atoms with Gasteiger partial charge in [0, 0.05) is 6.08 Å². The van der Waals surface area contributed by atoms with E-state index < -0.39 is 0 Å². The Morgan fingerprint density at radius 2 is 2.08 bits per heavy atom. The molecular formula is C8H14N4O. The van der Waals surface area contributed by atoms with Crippen LogP contribution in [0.3, 0.4) is 0 Å². The molecule has 0 saturated heterocycles. The summed E-state index contributed by atoms with van der Waals surface area (Å²) in [6.45, 7) is 3.46. The van der Waals surface area contributed by atoms with Crippen molar-refractivity contribution >= 4 is 12.1 Å². The van der Waals surface area contributed by atoms with Crippen molar-refractivity contribution in [3.8, 4) is 0 Å². The molecule has 0 saturated carbocycles. The van der Waals surface area contributed by atoms with E-state index in [-0.39, 0.29) is 0 Å². The van der Waals surface area contributed by atoms with Crippen LogP contribution in [0.25, 0.3) is 0 Å². The standard InChI is InChI=1S/C8H14N4O/c1-6(4-9)8(12-5-10)3-7(2)13-11/h3-5,10H,9,11H2,1-2H3/b6-4+,7-3+,10-5?,12-8?. The van der Waals surface area contributed by atoms with Crippen molar-refractivity contribution < 1.29 is 4.84 Å². The normalized spacial score (nSPS) is 14.2. The summed E-state index contributed by atoms with van der Waals surface area (Å²) in [6.07, 6.45) is 3.94. The van der Waals surface area contributed by atoms with Gasteiger partial charge >= 0.3 is 0 Å². The quantitative estimate of drug-likeness (QED) is 0.258. The van der Waals surface area contributed by atoms with Gasteiger partial charge in [-0.3, -0.25) is 5.41 Å². The average molecular weight is 182 g/mol. The van der Waals surface area contributed by atoms with E-state index in [1.807, 2.05) is 0 Å². The molecule has 0 rings (SSSR count). The lowest BCUT2D eigenvalue weighted by atomic mass is 10.2. The van der Waals surface area contributed by atoms with Gasteiger partial charge in [0.25, 0.3) is 0 Å². The lowest BCUT2D eigenvalue weighted by Crippen LogP contribution is -2.03. The molecule has 0 aromatic rings. The Bertz CT molecular complexity index is 265. The van der Waals surface area contributed by atoms with Gasteiger partial charge in [-0.15, -0.1) is 0 Å². The monoisotopic (exact) mass is 182 g/mol. The zero-order valence-corrected chi connectivity index (χ0v) is 7.74. The van der Waals surface area contributed by atoms with Gasteiger partial charge in [0.1, 0.15) is 12.1 Å². The van der Waals surface area contributed by atoms with Crippen LogP contribution in [-0.2, 0) is 4.84 Å². The molecule has 0 amide bonds. The molecule has 5 nitrogen and oxygen atoms in total. The van der Waals surface area contributed by atoms with Crippen molar-refractivity contribution in [2.75, 3.05) is 0 Å². The number of rotatable bonds is 4. The fraction of sp³-hybridized carbons (Fsp3) is 0.250. The highest BCUT2D eigenvalue weighted by molar-refractivity contribution is 6.10. The second kappa shape index (κ2) is 5.96. The third kappa shape index (κ3) is 4.07. The summed E-state index contributed by atoms with van der Waals surface area (Å²) in [4.78, 5) is 8.24. The summed E-state index contributed by atoms with van der Waals surface area (Å²) in [5.41, 5.74) is 6.61. The highest BCUT2D eigenvalue weighted by atomic mass is 16.6. The highest BCUT2D eigenvalue weighted by Gasteiger charge is 1.98. The number of nitrogens with two attached hydrogens (primary N) is 2. The number of allylic oxidation sites excluding steroid dienone is 3. The molecule has 0 aromatic heterocycles. The molecule has 0 aliphatic rings. The molecule has 0 atom stereocenters. The second-order valence-electron chi connectivity index (χ2n) is 2.37. The fourth-order valence-electron chi connectivity index (χ4n) is 0.634. The molecule has 13 heavy (non-hydrogen) atoms. The number of hydrogen-bond donors (Lipinski definition) is 3. The van der Waals surface area contributed by atoms with Gasteiger partial charge < -0.3 is 10.6 Å². The van der Waals surface area contributed by atoms with Crippen LogP contribution in [0.4, 0.5) is 0 Å². The Labute approximate surface area is 77.2 Å². The number of hydrogen-bond acceptors (Lipinski definition) is 4. The summed E-state index contributed by atoms with van der Waals surface area (Å²) in [6, 6.07) is 0. The summed E-state index contributed by atoms with van der Waals surface area (Å²) in [5, 5.41) is 6.82. The zero-order chi connectivity index (χ0) is 10.3. The molecule has 0 bridgehead atoms. The van der Waals surface area contributed by atoms with Crippen molar-refractivity contribution in [1.82, 2.24) is 0 Å². The van der Waals surface area contributed by atoms with Crippen LogP contribution in [0.2, 0.25) is 0 Å². The van der Waals surface area contributed by atoms with Crippen molar-refractivity contribution in [2.24, 2.45) is 16.6 Å². The maximum atomic E-state index is 6.82. The largest absolute Gasteiger partial charge is 0.416 e. The summed E-state index contributed by atoms with van der Waals surface area (Å²) in [5.74, 6) is 5.43. The van der Waals surface area contributed by atoms with Crippen molar-refractivity contribution in [3.63, 3.8) is 0 Å². The SMILES string of the molecule is C/C(=C\C(=NC=N)/C(C)=C/N)ON. The van der Waals surface area contributed by atoms with Crippen LogP contribution < -0.4 is 11.6 Å². The molecule has 0 radical (unpaired) electrons. The van der Waals surface area contributed by atoms with Crippen LogP contribution >= 0.6 is 0 Å². The highest BCUT2D eigenvalue weighted by Crippen LogP contribution is 2.00. The minimum atomic E-state index is 0.502. The molecule has 0 aliphatic heterocycles. The smallest absolute Gasteiger partial charge is 0.123 e. The Balaban J connectivity index is 4.85. The third-order valence-corrected chi connectivity index (χ3v) is 1.38. The van der Waals surface area contributed by atoms with Gasteiger partial charge in [-0.2, -0.15) is 5.90 Å². The molecular weight excluding hydrogens is 168 g/mol. The van der Waals surface area contributed by atoms with Crippen LogP contribution in [0.5, 0.6) is 0 Å². The van der Waals surface area contributed by atoms with E-state index in [0.29, 0.717) is 11.5 Å². The third-order valence-electron chi connectivity index (χ3n) is 1.38. The first kappa shape index (κ1) is 11.4. The molecule has 0 heterocycles. The fourth-order valence-corrected chi connectivity index (χ4v) is 0.634. The summed E-state index contributed by atoms with van der Waals surface area (Å²) in [7, 11) is 0. The molecule has 0 aliphatic carbocycles. The summed E-state index contributed by atoms with van der Waals surface area (Å²) < 4.78 is 0. The van der Waals surface area contributed by atoms with E-state index in [9.17, 15) is 0 Å². The molecule has 5 heteroatoms. The Morgan fingerprint density at radius 3 is 2.46 bits per heavy atom. The predicted octanol–water partition coefficient (Wildman–Crippen LogP) is 0.691. The van der Waals surface area contributed by atoms with E-state index in [2.05, 4.69) is 9.83 Å². The first-order chi connectivity index (χ1) is 6.15. The van der Waals surface area contributed by atoms with Gasteiger partial charge in [-0.05, 0) is 25.6 Å². The van der Waals surface area contributed by atoms with Gasteiger partial charge in [-0.1, -0.05) is 0 Å². The number of nitrogens with one attached hydrogen (secondary N) is 1. The van der Waals surface area contributed by atoms with Crippen LogP contribution in [0.1, 0.15) is 13.8 Å². The Morgan fingerprint density at radius 1 is 1.46 bits per heavy atom. The second-order valence-corrected chi connectivity index (χ2v) is 2.37. The zero-order valence-electron chi connectivity index (χ0n) is 7.74. The summed E-state index contributed by atoms with van der Waals surface area (Å²) >= 11 is 0. The maximum absolute atomic E-state index is 6.82. The molecule has 72 valence electrons. The van der Waals surface area contributed by atoms with Gasteiger partial charge in [0.2, 0.25) is 0 Å². The average Bonchev–Trinajstić information content (AvgIpc) is 2.15.